The van der Waals surface area contributed by atoms with Crippen LogP contribution in [0, 0.1) is 5.82 Å². The monoisotopic (exact) mass is 239 g/mol. The van der Waals surface area contributed by atoms with Crippen molar-refractivity contribution in [1.82, 2.24) is 5.32 Å². The maximum atomic E-state index is 12.7. The summed E-state index contributed by atoms with van der Waals surface area (Å²) in [5, 5.41) is 10.7. The second-order valence-electron chi connectivity index (χ2n) is 3.67. The van der Waals surface area contributed by atoms with Crippen LogP contribution in [-0.4, -0.2) is 24.0 Å². The highest BCUT2D eigenvalue weighted by atomic mass is 19.1. The Kier molecular flexibility index (Phi) is 5.13. The molecule has 1 rings (SSSR count). The molecule has 1 unspecified atom stereocenters. The zero-order chi connectivity index (χ0) is 12.7. The Labute approximate surface area is 98.5 Å². The fraction of sp³-hybridized carbons (Fsp3) is 0.333. The average molecular weight is 239 g/mol. The second-order valence-corrected chi connectivity index (χ2v) is 3.67. The molecule has 0 aliphatic rings. The first kappa shape index (κ1) is 13.2. The van der Waals surface area contributed by atoms with E-state index >= 15 is 0 Å². The Morgan fingerprint density at radius 2 is 2.06 bits per heavy atom. The predicted octanol–water partition coefficient (Wildman–Crippen LogP) is 2.16. The van der Waals surface area contributed by atoms with Crippen molar-refractivity contribution in [1.29, 1.82) is 0 Å². The summed E-state index contributed by atoms with van der Waals surface area (Å²) in [5.41, 5.74) is 0.839. The van der Waals surface area contributed by atoms with Crippen LogP contribution in [0.1, 0.15) is 24.3 Å². The maximum absolute atomic E-state index is 12.7. The van der Waals surface area contributed by atoms with Crippen molar-refractivity contribution < 1.29 is 19.1 Å². The van der Waals surface area contributed by atoms with Gasteiger partial charge in [0.25, 0.3) is 0 Å². The Morgan fingerprint density at radius 1 is 1.41 bits per heavy atom. The Hall–Kier alpha value is -1.91. The number of hydrogen-bond acceptors (Lipinski definition) is 2. The van der Waals surface area contributed by atoms with Gasteiger partial charge < -0.3 is 15.2 Å². The zero-order valence-electron chi connectivity index (χ0n) is 9.23. The Morgan fingerprint density at radius 3 is 2.59 bits per heavy atom. The lowest BCUT2D eigenvalue weighted by Gasteiger charge is -2.14. The van der Waals surface area contributed by atoms with Crippen LogP contribution in [-0.2, 0) is 4.79 Å². The van der Waals surface area contributed by atoms with Crippen LogP contribution >= 0.6 is 0 Å². The molecule has 0 fully saturated rings. The molecule has 0 aliphatic heterocycles. The first-order valence-electron chi connectivity index (χ1n) is 5.29. The van der Waals surface area contributed by atoms with Gasteiger partial charge in [0.1, 0.15) is 12.1 Å². The SMILES string of the molecule is O=CCC(CCNC(=O)O)c1ccc(F)cc1. The summed E-state index contributed by atoms with van der Waals surface area (Å²) in [4.78, 5) is 20.8. The van der Waals surface area contributed by atoms with E-state index in [2.05, 4.69) is 5.32 Å². The lowest BCUT2D eigenvalue weighted by atomic mass is 9.93. The van der Waals surface area contributed by atoms with Gasteiger partial charge in [-0.2, -0.15) is 0 Å². The van der Waals surface area contributed by atoms with E-state index in [0.717, 1.165) is 11.8 Å². The molecular weight excluding hydrogens is 225 g/mol. The van der Waals surface area contributed by atoms with Gasteiger partial charge in [0.2, 0.25) is 0 Å². The van der Waals surface area contributed by atoms with Gasteiger partial charge in [-0.3, -0.25) is 0 Å². The second kappa shape index (κ2) is 6.62. The number of aldehydes is 1. The van der Waals surface area contributed by atoms with Gasteiger partial charge in [0.05, 0.1) is 0 Å². The summed E-state index contributed by atoms with van der Waals surface area (Å²) in [5.74, 6) is -0.415. The number of carboxylic acid groups (broad SMARTS) is 1. The molecule has 0 aromatic heterocycles. The van der Waals surface area contributed by atoms with Gasteiger partial charge in [-0.15, -0.1) is 0 Å². The van der Waals surface area contributed by atoms with Crippen LogP contribution in [0.3, 0.4) is 0 Å². The molecule has 0 bridgehead atoms. The van der Waals surface area contributed by atoms with Crippen molar-refractivity contribution >= 4 is 12.4 Å². The molecule has 17 heavy (non-hydrogen) atoms. The summed E-state index contributed by atoms with van der Waals surface area (Å²) in [6.07, 6.45) is 0.507. The smallest absolute Gasteiger partial charge is 0.404 e. The van der Waals surface area contributed by atoms with Gasteiger partial charge in [0, 0.05) is 13.0 Å². The molecule has 1 amide bonds. The zero-order valence-corrected chi connectivity index (χ0v) is 9.23. The van der Waals surface area contributed by atoms with E-state index in [9.17, 15) is 14.0 Å². The van der Waals surface area contributed by atoms with Crippen LogP contribution in [0.15, 0.2) is 24.3 Å². The number of nitrogens with one attached hydrogen (secondary N) is 1. The lowest BCUT2D eigenvalue weighted by Crippen LogP contribution is -2.23. The first-order valence-corrected chi connectivity index (χ1v) is 5.29. The third kappa shape index (κ3) is 4.63. The van der Waals surface area contributed by atoms with Gasteiger partial charge >= 0.3 is 6.09 Å². The third-order valence-corrected chi connectivity index (χ3v) is 2.49. The number of amides is 1. The third-order valence-electron chi connectivity index (χ3n) is 2.49. The molecule has 4 nitrogen and oxygen atoms in total. The summed E-state index contributed by atoms with van der Waals surface area (Å²) >= 11 is 0. The summed E-state index contributed by atoms with van der Waals surface area (Å²) in [7, 11) is 0. The number of carbonyl (C=O) groups is 2. The van der Waals surface area contributed by atoms with E-state index in [4.69, 9.17) is 5.11 Å². The van der Waals surface area contributed by atoms with E-state index in [-0.39, 0.29) is 18.3 Å². The van der Waals surface area contributed by atoms with Crippen molar-refractivity contribution in [2.45, 2.75) is 18.8 Å². The largest absolute Gasteiger partial charge is 0.465 e. The molecule has 0 radical (unpaired) electrons. The van der Waals surface area contributed by atoms with Crippen LogP contribution < -0.4 is 5.32 Å². The quantitative estimate of drug-likeness (QED) is 0.747. The van der Waals surface area contributed by atoms with Crippen LogP contribution in [0.5, 0.6) is 0 Å². The predicted molar refractivity (Wildman–Crippen MR) is 60.5 cm³/mol. The molecule has 0 aliphatic carbocycles. The minimum atomic E-state index is -1.09. The first-order chi connectivity index (χ1) is 8.13. The Balaban J connectivity index is 2.61. The fourth-order valence-corrected chi connectivity index (χ4v) is 1.63. The molecule has 0 spiro atoms. The van der Waals surface area contributed by atoms with Crippen LogP contribution in [0.4, 0.5) is 9.18 Å². The standard InChI is InChI=1S/C12H14FNO3/c13-11-3-1-9(2-4-11)10(6-8-15)5-7-14-12(16)17/h1-4,8,10,14H,5-7H2,(H,16,17). The van der Waals surface area contributed by atoms with E-state index in [1.54, 1.807) is 12.1 Å². The highest BCUT2D eigenvalue weighted by Crippen LogP contribution is 2.22. The minimum absolute atomic E-state index is 0.0834. The van der Waals surface area contributed by atoms with E-state index in [0.29, 0.717) is 12.8 Å². The minimum Gasteiger partial charge on any atom is -0.465 e. The van der Waals surface area contributed by atoms with Crippen LogP contribution in [0.2, 0.25) is 0 Å². The summed E-state index contributed by atoms with van der Waals surface area (Å²) in [6, 6.07) is 5.89. The maximum Gasteiger partial charge on any atom is 0.404 e. The van der Waals surface area contributed by atoms with E-state index < -0.39 is 6.09 Å². The molecule has 2 N–H and O–H groups in total. The number of hydrogen-bond donors (Lipinski definition) is 2. The van der Waals surface area contributed by atoms with Crippen molar-refractivity contribution in [3.63, 3.8) is 0 Å². The van der Waals surface area contributed by atoms with Gasteiger partial charge in [-0.1, -0.05) is 12.1 Å². The molecule has 0 saturated carbocycles. The lowest BCUT2D eigenvalue weighted by molar-refractivity contribution is -0.108. The van der Waals surface area contributed by atoms with E-state index in [1.807, 2.05) is 0 Å². The molecular formula is C12H14FNO3. The van der Waals surface area contributed by atoms with E-state index in [1.165, 1.54) is 12.1 Å². The topological polar surface area (TPSA) is 66.4 Å². The molecule has 5 heteroatoms. The van der Waals surface area contributed by atoms with Crippen molar-refractivity contribution in [2.75, 3.05) is 6.54 Å². The molecule has 1 aromatic carbocycles. The van der Waals surface area contributed by atoms with Gasteiger partial charge in [0.15, 0.2) is 0 Å². The number of rotatable bonds is 6. The Bertz CT molecular complexity index is 378. The molecule has 1 atom stereocenters. The number of benzene rings is 1. The van der Waals surface area contributed by atoms with Crippen molar-refractivity contribution in [3.8, 4) is 0 Å². The molecule has 0 saturated heterocycles. The summed E-state index contributed by atoms with van der Waals surface area (Å²) < 4.78 is 12.7. The average Bonchev–Trinajstić information content (AvgIpc) is 2.29. The molecule has 92 valence electrons. The number of halogens is 1. The van der Waals surface area contributed by atoms with Crippen molar-refractivity contribution in [3.05, 3.63) is 35.6 Å². The molecule has 1 aromatic rings. The fourth-order valence-electron chi connectivity index (χ4n) is 1.63. The van der Waals surface area contributed by atoms with Crippen molar-refractivity contribution in [2.24, 2.45) is 0 Å². The molecule has 0 heterocycles. The van der Waals surface area contributed by atoms with Gasteiger partial charge in [-0.05, 0) is 30.0 Å². The van der Waals surface area contributed by atoms with Crippen LogP contribution in [0.25, 0.3) is 0 Å². The normalized spacial score (nSPS) is 11.8. The highest BCUT2D eigenvalue weighted by Gasteiger charge is 2.11. The number of carbonyl (C=O) groups excluding carboxylic acids is 1. The summed E-state index contributed by atoms with van der Waals surface area (Å²) in [6.45, 7) is 0.269. The van der Waals surface area contributed by atoms with Gasteiger partial charge in [-0.25, -0.2) is 9.18 Å². The highest BCUT2D eigenvalue weighted by molar-refractivity contribution is 5.64.